The minimum atomic E-state index is -0.745. The number of carbonyl (C=O) groups is 2. The third-order valence-corrected chi connectivity index (χ3v) is 5.19. The quantitative estimate of drug-likeness (QED) is 0.637. The summed E-state index contributed by atoms with van der Waals surface area (Å²) < 4.78 is 21.2. The van der Waals surface area contributed by atoms with E-state index in [1.54, 1.807) is 42.7 Å². The first-order chi connectivity index (χ1) is 12.9. The lowest BCUT2D eigenvalue weighted by Crippen LogP contribution is -2.27. The van der Waals surface area contributed by atoms with Gasteiger partial charge in [-0.15, -0.1) is 0 Å². The van der Waals surface area contributed by atoms with Gasteiger partial charge in [0.15, 0.2) is 4.80 Å². The van der Waals surface area contributed by atoms with E-state index in [0.717, 1.165) is 16.9 Å². The largest absolute Gasteiger partial charge is 0.464 e. The highest BCUT2D eigenvalue weighted by Gasteiger charge is 2.22. The topological polar surface area (TPSA) is 60.7 Å². The molecule has 0 N–H and O–H groups in total. The number of aromatic nitrogens is 1. The Bertz CT molecular complexity index is 1070. The van der Waals surface area contributed by atoms with Crippen LogP contribution in [0.1, 0.15) is 35.8 Å². The molecule has 1 amide bonds. The standard InChI is InChI=1S/C20H19FN2O3S/c1-4-26-19(25)13(3)23-16-7-5-6-15(21)17(16)27-20(23)22-18(24)14-10-8-12(2)9-11-14/h5-11,13H,4H2,1-3H3. The summed E-state index contributed by atoms with van der Waals surface area (Å²) in [7, 11) is 0. The van der Waals surface area contributed by atoms with Gasteiger partial charge in [0.2, 0.25) is 0 Å². The lowest BCUT2D eigenvalue weighted by atomic mass is 10.1. The van der Waals surface area contributed by atoms with Crippen molar-refractivity contribution in [2.75, 3.05) is 6.61 Å². The molecule has 0 aliphatic carbocycles. The fraction of sp³-hybridized carbons (Fsp3) is 0.250. The molecule has 0 saturated heterocycles. The summed E-state index contributed by atoms with van der Waals surface area (Å²) in [5.41, 5.74) is 1.95. The highest BCUT2D eigenvalue weighted by Crippen LogP contribution is 2.24. The number of hydrogen-bond donors (Lipinski definition) is 0. The molecule has 0 bridgehead atoms. The Labute approximate surface area is 159 Å². The molecule has 0 aliphatic rings. The van der Waals surface area contributed by atoms with E-state index in [4.69, 9.17) is 4.74 Å². The Kier molecular flexibility index (Phi) is 5.51. The maximum absolute atomic E-state index is 14.3. The molecule has 1 atom stereocenters. The van der Waals surface area contributed by atoms with Gasteiger partial charge < -0.3 is 9.30 Å². The van der Waals surface area contributed by atoms with Crippen molar-refractivity contribution >= 4 is 33.4 Å². The number of carbonyl (C=O) groups excluding carboxylic acids is 2. The second kappa shape index (κ2) is 7.84. The van der Waals surface area contributed by atoms with Gasteiger partial charge in [-0.1, -0.05) is 35.1 Å². The predicted molar refractivity (Wildman–Crippen MR) is 102 cm³/mol. The number of benzene rings is 2. The molecule has 0 spiro atoms. The van der Waals surface area contributed by atoms with E-state index < -0.39 is 23.7 Å². The van der Waals surface area contributed by atoms with Crippen molar-refractivity contribution in [2.45, 2.75) is 26.8 Å². The number of esters is 1. The zero-order chi connectivity index (χ0) is 19.6. The number of aryl methyl sites for hydroxylation is 1. The van der Waals surface area contributed by atoms with Gasteiger partial charge in [-0.05, 0) is 45.0 Å². The van der Waals surface area contributed by atoms with E-state index >= 15 is 0 Å². The van der Waals surface area contributed by atoms with Gasteiger partial charge in [-0.2, -0.15) is 4.99 Å². The van der Waals surface area contributed by atoms with E-state index in [9.17, 15) is 14.0 Å². The van der Waals surface area contributed by atoms with Crippen molar-refractivity contribution in [1.82, 2.24) is 4.57 Å². The van der Waals surface area contributed by atoms with Crippen LogP contribution in [0.2, 0.25) is 0 Å². The maximum Gasteiger partial charge on any atom is 0.328 e. The summed E-state index contributed by atoms with van der Waals surface area (Å²) in [6, 6.07) is 10.9. The van der Waals surface area contributed by atoms with Crippen LogP contribution in [0.3, 0.4) is 0 Å². The normalized spacial score (nSPS) is 13.0. The second-order valence-electron chi connectivity index (χ2n) is 6.05. The Morgan fingerprint density at radius 1 is 1.22 bits per heavy atom. The van der Waals surface area contributed by atoms with Gasteiger partial charge in [0.25, 0.3) is 5.91 Å². The Morgan fingerprint density at radius 3 is 2.59 bits per heavy atom. The molecule has 27 heavy (non-hydrogen) atoms. The van der Waals surface area contributed by atoms with E-state index in [2.05, 4.69) is 4.99 Å². The molecule has 0 fully saturated rings. The van der Waals surface area contributed by atoms with Crippen LogP contribution < -0.4 is 4.80 Å². The van der Waals surface area contributed by atoms with Crippen molar-refractivity contribution in [1.29, 1.82) is 0 Å². The van der Waals surface area contributed by atoms with Crippen LogP contribution in [0.4, 0.5) is 4.39 Å². The smallest absolute Gasteiger partial charge is 0.328 e. The molecule has 7 heteroatoms. The Morgan fingerprint density at radius 2 is 1.93 bits per heavy atom. The van der Waals surface area contributed by atoms with Crippen LogP contribution in [0.25, 0.3) is 10.2 Å². The zero-order valence-corrected chi connectivity index (χ0v) is 16.0. The van der Waals surface area contributed by atoms with Crippen LogP contribution in [-0.4, -0.2) is 23.1 Å². The second-order valence-corrected chi connectivity index (χ2v) is 7.03. The number of thiazole rings is 1. The first-order valence-electron chi connectivity index (χ1n) is 8.54. The number of halogens is 1. The van der Waals surface area contributed by atoms with Crippen LogP contribution >= 0.6 is 11.3 Å². The molecular formula is C20H19FN2O3S. The highest BCUT2D eigenvalue weighted by atomic mass is 32.1. The molecule has 5 nitrogen and oxygen atoms in total. The zero-order valence-electron chi connectivity index (χ0n) is 15.2. The first-order valence-corrected chi connectivity index (χ1v) is 9.36. The number of rotatable bonds is 4. The average molecular weight is 386 g/mol. The molecule has 0 saturated carbocycles. The number of fused-ring (bicyclic) bond motifs is 1. The maximum atomic E-state index is 14.3. The van der Waals surface area contributed by atoms with E-state index in [1.165, 1.54) is 6.07 Å². The van der Waals surface area contributed by atoms with Crippen molar-refractivity contribution in [3.8, 4) is 0 Å². The summed E-state index contributed by atoms with van der Waals surface area (Å²) in [5, 5.41) is 0. The summed E-state index contributed by atoms with van der Waals surface area (Å²) in [6.07, 6.45) is 0. The van der Waals surface area contributed by atoms with Crippen molar-refractivity contribution in [3.63, 3.8) is 0 Å². The molecule has 0 radical (unpaired) electrons. The molecule has 1 unspecified atom stereocenters. The van der Waals surface area contributed by atoms with E-state index in [0.29, 0.717) is 15.8 Å². The summed E-state index contributed by atoms with van der Waals surface area (Å²) in [4.78, 5) is 29.3. The number of ether oxygens (including phenoxy) is 1. The fourth-order valence-electron chi connectivity index (χ4n) is 2.70. The van der Waals surface area contributed by atoms with Crippen LogP contribution in [0.15, 0.2) is 47.5 Å². The number of nitrogens with zero attached hydrogens (tertiary/aromatic N) is 2. The van der Waals surface area contributed by atoms with Crippen molar-refractivity contribution in [3.05, 3.63) is 64.2 Å². The molecule has 140 valence electrons. The van der Waals surface area contributed by atoms with Crippen LogP contribution in [0.5, 0.6) is 0 Å². The molecule has 1 heterocycles. The van der Waals surface area contributed by atoms with Crippen molar-refractivity contribution in [2.24, 2.45) is 4.99 Å². The summed E-state index contributed by atoms with van der Waals surface area (Å²) in [5.74, 6) is -1.34. The monoisotopic (exact) mass is 386 g/mol. The fourth-order valence-corrected chi connectivity index (χ4v) is 3.80. The SMILES string of the molecule is CCOC(=O)C(C)n1c(=NC(=O)c2ccc(C)cc2)sc2c(F)cccc21. The first kappa shape index (κ1) is 19.0. The van der Waals surface area contributed by atoms with E-state index in [1.807, 2.05) is 19.1 Å². The van der Waals surface area contributed by atoms with E-state index in [-0.39, 0.29) is 11.4 Å². The molecule has 0 aliphatic heterocycles. The molecule has 2 aromatic carbocycles. The van der Waals surface area contributed by atoms with Gasteiger partial charge in [-0.25, -0.2) is 9.18 Å². The highest BCUT2D eigenvalue weighted by molar-refractivity contribution is 7.16. The Hall–Kier alpha value is -2.80. The molecular weight excluding hydrogens is 367 g/mol. The summed E-state index contributed by atoms with van der Waals surface area (Å²) in [6.45, 7) is 5.52. The van der Waals surface area contributed by atoms with Gasteiger partial charge >= 0.3 is 5.97 Å². The molecule has 1 aromatic heterocycles. The summed E-state index contributed by atoms with van der Waals surface area (Å²) >= 11 is 1.03. The predicted octanol–water partition coefficient (Wildman–Crippen LogP) is 4.02. The molecule has 3 aromatic rings. The van der Waals surface area contributed by atoms with Gasteiger partial charge in [0.05, 0.1) is 16.8 Å². The van der Waals surface area contributed by atoms with Crippen LogP contribution in [0, 0.1) is 12.7 Å². The van der Waals surface area contributed by atoms with Crippen molar-refractivity contribution < 1.29 is 18.7 Å². The third kappa shape index (κ3) is 3.83. The van der Waals surface area contributed by atoms with Gasteiger partial charge in [-0.3, -0.25) is 4.79 Å². The lowest BCUT2D eigenvalue weighted by molar-refractivity contribution is -0.146. The Balaban J connectivity index is 2.17. The molecule has 3 rings (SSSR count). The van der Waals surface area contributed by atoms with Crippen LogP contribution in [-0.2, 0) is 9.53 Å². The van der Waals surface area contributed by atoms with Gasteiger partial charge in [0.1, 0.15) is 11.9 Å². The number of hydrogen-bond acceptors (Lipinski definition) is 4. The van der Waals surface area contributed by atoms with Gasteiger partial charge in [0, 0.05) is 5.56 Å². The number of amides is 1. The lowest BCUT2D eigenvalue weighted by Gasteiger charge is -2.13. The average Bonchev–Trinajstić information content (AvgIpc) is 3.01. The third-order valence-electron chi connectivity index (χ3n) is 4.12. The minimum Gasteiger partial charge on any atom is -0.464 e. The minimum absolute atomic E-state index is 0.231.